The Morgan fingerprint density at radius 3 is 2.83 bits per heavy atom. The second-order valence-electron chi connectivity index (χ2n) is 6.27. The molecule has 3 rings (SSSR count). The molecule has 122 valence electrons. The predicted octanol–water partition coefficient (Wildman–Crippen LogP) is 4.51. The number of aryl methyl sites for hydroxylation is 1. The molecule has 1 aliphatic rings. The van der Waals surface area contributed by atoms with Crippen LogP contribution in [0.15, 0.2) is 36.4 Å². The number of hydrogen-bond acceptors (Lipinski definition) is 3. The van der Waals surface area contributed by atoms with E-state index in [0.717, 1.165) is 41.5 Å². The molecular weight excluding hydrogens is 306 g/mol. The SMILES string of the molecule is CC[C@@H](Nc1cccc(CC2CCN2)n1)c1ccc(Cl)c(C)c1. The minimum absolute atomic E-state index is 0.246. The molecule has 0 spiro atoms. The Bertz CT molecular complexity index is 667. The van der Waals surface area contributed by atoms with Crippen LogP contribution in [0, 0.1) is 6.92 Å². The summed E-state index contributed by atoms with van der Waals surface area (Å²) in [5.41, 5.74) is 3.51. The zero-order valence-electron chi connectivity index (χ0n) is 13.8. The fourth-order valence-corrected chi connectivity index (χ4v) is 3.05. The van der Waals surface area contributed by atoms with Gasteiger partial charge in [-0.25, -0.2) is 4.98 Å². The van der Waals surface area contributed by atoms with E-state index in [1.54, 1.807) is 0 Å². The summed E-state index contributed by atoms with van der Waals surface area (Å²) < 4.78 is 0. The smallest absolute Gasteiger partial charge is 0.126 e. The number of rotatable bonds is 6. The van der Waals surface area contributed by atoms with Crippen LogP contribution in [0.4, 0.5) is 5.82 Å². The first-order valence-electron chi connectivity index (χ1n) is 8.37. The quantitative estimate of drug-likeness (QED) is 0.818. The summed E-state index contributed by atoms with van der Waals surface area (Å²) in [7, 11) is 0. The van der Waals surface area contributed by atoms with Gasteiger partial charge in [-0.3, -0.25) is 0 Å². The predicted molar refractivity (Wildman–Crippen MR) is 97.2 cm³/mol. The van der Waals surface area contributed by atoms with E-state index in [1.807, 2.05) is 19.1 Å². The number of halogens is 1. The molecular formula is C19H24ClN3. The lowest BCUT2D eigenvalue weighted by molar-refractivity contribution is 0.367. The van der Waals surface area contributed by atoms with Gasteiger partial charge in [-0.05, 0) is 55.6 Å². The molecule has 1 aromatic carbocycles. The van der Waals surface area contributed by atoms with Gasteiger partial charge >= 0.3 is 0 Å². The van der Waals surface area contributed by atoms with Crippen LogP contribution in [0.3, 0.4) is 0 Å². The monoisotopic (exact) mass is 329 g/mol. The Balaban J connectivity index is 1.72. The van der Waals surface area contributed by atoms with E-state index in [4.69, 9.17) is 16.6 Å². The third-order valence-corrected chi connectivity index (χ3v) is 4.93. The van der Waals surface area contributed by atoms with E-state index >= 15 is 0 Å². The average molecular weight is 330 g/mol. The minimum atomic E-state index is 0.246. The van der Waals surface area contributed by atoms with Crippen molar-refractivity contribution in [3.05, 3.63) is 58.2 Å². The van der Waals surface area contributed by atoms with E-state index in [9.17, 15) is 0 Å². The van der Waals surface area contributed by atoms with Crippen LogP contribution in [-0.2, 0) is 6.42 Å². The second-order valence-corrected chi connectivity index (χ2v) is 6.68. The maximum absolute atomic E-state index is 6.14. The highest BCUT2D eigenvalue weighted by molar-refractivity contribution is 6.31. The van der Waals surface area contributed by atoms with Gasteiger partial charge in [0.2, 0.25) is 0 Å². The van der Waals surface area contributed by atoms with Crippen LogP contribution in [0.25, 0.3) is 0 Å². The fraction of sp³-hybridized carbons (Fsp3) is 0.421. The summed E-state index contributed by atoms with van der Waals surface area (Å²) in [6, 6.07) is 13.3. The molecule has 1 aliphatic heterocycles. The van der Waals surface area contributed by atoms with Gasteiger partial charge in [0.25, 0.3) is 0 Å². The minimum Gasteiger partial charge on any atom is -0.363 e. The van der Waals surface area contributed by atoms with Crippen molar-refractivity contribution in [2.75, 3.05) is 11.9 Å². The van der Waals surface area contributed by atoms with Gasteiger partial charge in [0.05, 0.1) is 6.04 Å². The van der Waals surface area contributed by atoms with Crippen molar-refractivity contribution < 1.29 is 0 Å². The van der Waals surface area contributed by atoms with Crippen molar-refractivity contribution in [1.29, 1.82) is 0 Å². The molecule has 2 N–H and O–H groups in total. The molecule has 0 saturated carbocycles. The van der Waals surface area contributed by atoms with E-state index in [1.165, 1.54) is 12.0 Å². The van der Waals surface area contributed by atoms with E-state index in [0.29, 0.717) is 6.04 Å². The molecule has 0 bridgehead atoms. The number of nitrogens with one attached hydrogen (secondary N) is 2. The van der Waals surface area contributed by atoms with E-state index < -0.39 is 0 Å². The molecule has 0 radical (unpaired) electrons. The van der Waals surface area contributed by atoms with Crippen LogP contribution in [0.1, 0.15) is 42.6 Å². The maximum atomic E-state index is 6.14. The lowest BCUT2D eigenvalue weighted by atomic mass is 10.0. The Hall–Kier alpha value is -1.58. The first-order valence-corrected chi connectivity index (χ1v) is 8.75. The number of benzene rings is 1. The molecule has 2 atom stereocenters. The average Bonchev–Trinajstić information content (AvgIpc) is 2.52. The summed E-state index contributed by atoms with van der Waals surface area (Å²) in [6.07, 6.45) is 3.25. The van der Waals surface area contributed by atoms with Crippen LogP contribution in [0.5, 0.6) is 0 Å². The van der Waals surface area contributed by atoms with Crippen molar-refractivity contribution in [1.82, 2.24) is 10.3 Å². The Labute approximate surface area is 143 Å². The van der Waals surface area contributed by atoms with Crippen molar-refractivity contribution in [3.63, 3.8) is 0 Å². The molecule has 1 aromatic heterocycles. The van der Waals surface area contributed by atoms with Gasteiger partial charge in [-0.1, -0.05) is 36.7 Å². The molecule has 0 aliphatic carbocycles. The lowest BCUT2D eigenvalue weighted by Crippen LogP contribution is -2.44. The molecule has 2 aromatic rings. The van der Waals surface area contributed by atoms with Gasteiger partial charge in [-0.15, -0.1) is 0 Å². The van der Waals surface area contributed by atoms with Gasteiger partial charge in [0.15, 0.2) is 0 Å². The number of hydrogen-bond donors (Lipinski definition) is 2. The van der Waals surface area contributed by atoms with Crippen LogP contribution >= 0.6 is 11.6 Å². The highest BCUT2D eigenvalue weighted by Gasteiger charge is 2.17. The number of aromatic nitrogens is 1. The largest absolute Gasteiger partial charge is 0.363 e. The van der Waals surface area contributed by atoms with Crippen molar-refractivity contribution in [2.45, 2.75) is 45.2 Å². The molecule has 23 heavy (non-hydrogen) atoms. The fourth-order valence-electron chi connectivity index (χ4n) is 2.93. The third-order valence-electron chi connectivity index (χ3n) is 4.50. The van der Waals surface area contributed by atoms with E-state index in [-0.39, 0.29) is 6.04 Å². The molecule has 3 nitrogen and oxygen atoms in total. The number of nitrogens with zero attached hydrogens (tertiary/aromatic N) is 1. The van der Waals surface area contributed by atoms with Crippen molar-refractivity contribution >= 4 is 17.4 Å². The summed E-state index contributed by atoms with van der Waals surface area (Å²) in [5, 5.41) is 7.81. The van der Waals surface area contributed by atoms with Crippen LogP contribution < -0.4 is 10.6 Å². The first kappa shape index (κ1) is 16.3. The number of anilines is 1. The zero-order chi connectivity index (χ0) is 16.2. The highest BCUT2D eigenvalue weighted by atomic mass is 35.5. The number of pyridine rings is 1. The van der Waals surface area contributed by atoms with Gasteiger partial charge in [-0.2, -0.15) is 0 Å². The molecule has 1 saturated heterocycles. The van der Waals surface area contributed by atoms with Crippen LogP contribution in [-0.4, -0.2) is 17.6 Å². The third kappa shape index (κ3) is 4.04. The van der Waals surface area contributed by atoms with Gasteiger partial charge < -0.3 is 10.6 Å². The van der Waals surface area contributed by atoms with Crippen molar-refractivity contribution in [2.24, 2.45) is 0 Å². The summed E-state index contributed by atoms with van der Waals surface area (Å²) in [4.78, 5) is 4.77. The molecule has 2 heterocycles. The maximum Gasteiger partial charge on any atom is 0.126 e. The molecule has 4 heteroatoms. The zero-order valence-corrected chi connectivity index (χ0v) is 14.5. The van der Waals surface area contributed by atoms with Crippen molar-refractivity contribution in [3.8, 4) is 0 Å². The summed E-state index contributed by atoms with van der Waals surface area (Å²) in [5.74, 6) is 0.946. The Kier molecular flexibility index (Phi) is 5.19. The standard InChI is InChI=1S/C19H24ClN3/c1-3-18(14-7-8-17(20)13(2)11-14)23-19-6-4-5-16(22-19)12-15-9-10-21-15/h4-8,11,15,18,21H,3,9-10,12H2,1-2H3,(H,22,23)/t15?,18-/m1/s1. The molecule has 1 fully saturated rings. The molecule has 1 unspecified atom stereocenters. The van der Waals surface area contributed by atoms with Crippen LogP contribution in [0.2, 0.25) is 5.02 Å². The van der Waals surface area contributed by atoms with Gasteiger partial charge in [0.1, 0.15) is 5.82 Å². The summed E-state index contributed by atoms with van der Waals surface area (Å²) >= 11 is 6.14. The second kappa shape index (κ2) is 7.33. The molecule has 0 amide bonds. The normalized spacial score (nSPS) is 18.3. The topological polar surface area (TPSA) is 37.0 Å². The van der Waals surface area contributed by atoms with Gasteiger partial charge in [0, 0.05) is 23.2 Å². The van der Waals surface area contributed by atoms with E-state index in [2.05, 4.69) is 41.8 Å². The first-order chi connectivity index (χ1) is 11.2. The highest BCUT2D eigenvalue weighted by Crippen LogP contribution is 2.25. The Morgan fingerprint density at radius 2 is 2.17 bits per heavy atom. The Morgan fingerprint density at radius 1 is 1.35 bits per heavy atom. The summed E-state index contributed by atoms with van der Waals surface area (Å²) in [6.45, 7) is 5.36. The lowest BCUT2D eigenvalue weighted by Gasteiger charge is -2.27.